The fraction of sp³-hybridized carbons (Fsp3) is 0.250. The maximum Gasteiger partial charge on any atom is 0.169 e. The second kappa shape index (κ2) is 5.19. The summed E-state index contributed by atoms with van der Waals surface area (Å²) < 4.78 is 8.39. The van der Waals surface area contributed by atoms with Gasteiger partial charge in [0.25, 0.3) is 0 Å². The van der Waals surface area contributed by atoms with Crippen molar-refractivity contribution in [1.29, 1.82) is 0 Å². The first kappa shape index (κ1) is 13.2. The zero-order valence-corrected chi connectivity index (χ0v) is 11.8. The van der Waals surface area contributed by atoms with Crippen molar-refractivity contribution in [2.45, 2.75) is 13.1 Å². The summed E-state index contributed by atoms with van der Waals surface area (Å²) in [5.74, 6) is 4.35. The molecule has 18 heavy (non-hydrogen) atoms. The molecule has 4 nitrogen and oxygen atoms in total. The van der Waals surface area contributed by atoms with Gasteiger partial charge in [-0.1, -0.05) is 0 Å². The fourth-order valence-corrected chi connectivity index (χ4v) is 2.36. The van der Waals surface area contributed by atoms with E-state index in [2.05, 4.69) is 36.7 Å². The lowest BCUT2D eigenvalue weighted by molar-refractivity contribution is 0.497. The molecule has 1 N–H and O–H groups in total. The molecule has 0 unspecified atom stereocenters. The lowest BCUT2D eigenvalue weighted by atomic mass is 10.2. The first-order valence-electron chi connectivity index (χ1n) is 5.32. The van der Waals surface area contributed by atoms with Crippen molar-refractivity contribution >= 4 is 28.3 Å². The second-order valence-electron chi connectivity index (χ2n) is 3.80. The van der Waals surface area contributed by atoms with E-state index in [1.165, 1.54) is 0 Å². The average Bonchev–Trinajstić information content (AvgIpc) is 2.91. The van der Waals surface area contributed by atoms with Crippen molar-refractivity contribution in [3.8, 4) is 23.8 Å². The number of aromatic nitrogens is 2. The van der Waals surface area contributed by atoms with Crippen LogP contribution in [-0.2, 0) is 13.1 Å². The van der Waals surface area contributed by atoms with Gasteiger partial charge in [0.05, 0.1) is 6.54 Å². The topological polar surface area (TPSA) is 43.0 Å². The molecule has 1 aliphatic rings. The monoisotopic (exact) mass is 327 g/mol. The number of imidazole rings is 1. The van der Waals surface area contributed by atoms with Crippen molar-refractivity contribution in [2.24, 2.45) is 0 Å². The van der Waals surface area contributed by atoms with Crippen LogP contribution in [0.1, 0.15) is 11.5 Å². The average molecular weight is 329 g/mol. The Bertz CT molecular complexity index is 611. The third-order valence-corrected chi connectivity index (χ3v) is 3.21. The Kier molecular flexibility index (Phi) is 3.81. The Labute approximate surface area is 119 Å². The number of hydrogen-bond acceptors (Lipinski definition) is 3. The number of terminal acetylenes is 1. The van der Waals surface area contributed by atoms with Gasteiger partial charge in [0, 0.05) is 13.1 Å². The summed E-state index contributed by atoms with van der Waals surface area (Å²) in [7, 11) is 0. The van der Waals surface area contributed by atoms with E-state index in [-0.39, 0.29) is 12.4 Å². The first-order chi connectivity index (χ1) is 8.29. The third-order valence-electron chi connectivity index (χ3n) is 2.79. The highest BCUT2D eigenvalue weighted by molar-refractivity contribution is 9.10. The smallest absolute Gasteiger partial charge is 0.169 e. The highest BCUT2D eigenvalue weighted by Crippen LogP contribution is 2.29. The molecule has 0 fully saturated rings. The molecule has 0 amide bonds. The molecule has 2 aromatic rings. The third kappa shape index (κ3) is 2.07. The van der Waals surface area contributed by atoms with Crippen LogP contribution >= 0.6 is 28.3 Å². The molecule has 0 bridgehead atoms. The van der Waals surface area contributed by atoms with Gasteiger partial charge >= 0.3 is 0 Å². The molecule has 0 saturated carbocycles. The lowest BCUT2D eigenvalue weighted by Gasteiger charge is -2.16. The number of furan rings is 1. The van der Waals surface area contributed by atoms with Crippen LogP contribution in [0.3, 0.4) is 0 Å². The molecular formula is C12H11BrClN3O. The van der Waals surface area contributed by atoms with Crippen molar-refractivity contribution in [3.05, 3.63) is 28.3 Å². The van der Waals surface area contributed by atoms with Crippen molar-refractivity contribution in [1.82, 2.24) is 14.9 Å². The summed E-state index contributed by atoms with van der Waals surface area (Å²) >= 11 is 3.30. The second-order valence-corrected chi connectivity index (χ2v) is 4.58. The molecule has 0 aliphatic carbocycles. The molecule has 0 aromatic carbocycles. The Hall–Kier alpha value is -1.22. The molecule has 0 radical (unpaired) electrons. The van der Waals surface area contributed by atoms with Crippen LogP contribution in [0.4, 0.5) is 0 Å². The number of fused-ring (bicyclic) bond motifs is 1. The molecule has 94 valence electrons. The van der Waals surface area contributed by atoms with Crippen molar-refractivity contribution in [3.63, 3.8) is 0 Å². The van der Waals surface area contributed by atoms with Crippen LogP contribution in [-0.4, -0.2) is 16.1 Å². The van der Waals surface area contributed by atoms with Gasteiger partial charge in [-0.3, -0.25) is 0 Å². The minimum absolute atomic E-state index is 0. The van der Waals surface area contributed by atoms with E-state index in [9.17, 15) is 0 Å². The normalized spacial score (nSPS) is 13.6. The minimum Gasteiger partial charge on any atom is -0.448 e. The molecule has 1 aliphatic heterocycles. The zero-order valence-electron chi connectivity index (χ0n) is 9.44. The predicted octanol–water partition coefficient (Wildman–Crippen LogP) is 2.41. The maximum absolute atomic E-state index is 5.58. The molecule has 2 aromatic heterocycles. The molecule has 0 spiro atoms. The van der Waals surface area contributed by atoms with E-state index in [4.69, 9.17) is 10.8 Å². The summed E-state index contributed by atoms with van der Waals surface area (Å²) in [6, 6.07) is 3.76. The van der Waals surface area contributed by atoms with Crippen LogP contribution in [0.5, 0.6) is 0 Å². The van der Waals surface area contributed by atoms with Crippen LogP contribution in [0.25, 0.3) is 11.5 Å². The predicted molar refractivity (Wildman–Crippen MR) is 74.5 cm³/mol. The molecule has 0 atom stereocenters. The van der Waals surface area contributed by atoms with E-state index in [1.807, 2.05) is 12.1 Å². The minimum atomic E-state index is 0. The summed E-state index contributed by atoms with van der Waals surface area (Å²) in [5.41, 5.74) is 1.54. The Morgan fingerprint density at radius 1 is 1.50 bits per heavy atom. The van der Waals surface area contributed by atoms with Crippen LogP contribution in [0, 0.1) is 12.3 Å². The van der Waals surface area contributed by atoms with Gasteiger partial charge in [0.15, 0.2) is 10.4 Å². The van der Waals surface area contributed by atoms with Gasteiger partial charge in [-0.2, -0.15) is 0 Å². The lowest BCUT2D eigenvalue weighted by Crippen LogP contribution is -2.28. The van der Waals surface area contributed by atoms with Crippen LogP contribution in [0.15, 0.2) is 21.2 Å². The van der Waals surface area contributed by atoms with Crippen LogP contribution in [0.2, 0.25) is 0 Å². The molecule has 3 rings (SSSR count). The summed E-state index contributed by atoms with van der Waals surface area (Å²) in [6.45, 7) is 2.52. The standard InChI is InChI=1S/C12H10BrN3O.ClH/c1-2-8-12(9-3-4-10(13)17-9)16-6-5-14-7-11(16)15-8;/h1,3-4,14H,5-7H2;1H. The summed E-state index contributed by atoms with van der Waals surface area (Å²) in [6.07, 6.45) is 5.51. The first-order valence-corrected chi connectivity index (χ1v) is 6.11. The van der Waals surface area contributed by atoms with E-state index in [0.717, 1.165) is 36.9 Å². The van der Waals surface area contributed by atoms with Gasteiger partial charge < -0.3 is 14.3 Å². The molecular weight excluding hydrogens is 318 g/mol. The van der Waals surface area contributed by atoms with E-state index < -0.39 is 0 Å². The number of nitrogens with zero attached hydrogens (tertiary/aromatic N) is 2. The molecule has 6 heteroatoms. The van der Waals surface area contributed by atoms with Gasteiger partial charge in [-0.05, 0) is 34.0 Å². The largest absolute Gasteiger partial charge is 0.448 e. The Morgan fingerprint density at radius 2 is 2.33 bits per heavy atom. The number of nitrogens with one attached hydrogen (secondary N) is 1. The molecule has 0 saturated heterocycles. The SMILES string of the molecule is C#Cc1nc2n(c1-c1ccc(Br)o1)CCNC2.Cl. The number of halogens is 2. The molecule has 3 heterocycles. The highest BCUT2D eigenvalue weighted by atomic mass is 79.9. The van der Waals surface area contributed by atoms with E-state index >= 15 is 0 Å². The van der Waals surface area contributed by atoms with Gasteiger partial charge in [-0.25, -0.2) is 4.98 Å². The number of rotatable bonds is 1. The van der Waals surface area contributed by atoms with Crippen molar-refractivity contribution < 1.29 is 4.42 Å². The number of hydrogen-bond donors (Lipinski definition) is 1. The van der Waals surface area contributed by atoms with E-state index in [1.54, 1.807) is 0 Å². The maximum atomic E-state index is 5.58. The fourth-order valence-electron chi connectivity index (χ4n) is 2.06. The van der Waals surface area contributed by atoms with Gasteiger partial charge in [0.2, 0.25) is 0 Å². The van der Waals surface area contributed by atoms with Gasteiger partial charge in [-0.15, -0.1) is 18.8 Å². The summed E-state index contributed by atoms with van der Waals surface area (Å²) in [4.78, 5) is 4.44. The zero-order chi connectivity index (χ0) is 11.8. The van der Waals surface area contributed by atoms with Gasteiger partial charge in [0.1, 0.15) is 17.2 Å². The van der Waals surface area contributed by atoms with Crippen molar-refractivity contribution in [2.75, 3.05) is 6.54 Å². The van der Waals surface area contributed by atoms with E-state index in [0.29, 0.717) is 10.4 Å². The Balaban J connectivity index is 0.00000120. The highest BCUT2D eigenvalue weighted by Gasteiger charge is 2.21. The van der Waals surface area contributed by atoms with Crippen LogP contribution < -0.4 is 5.32 Å². The Morgan fingerprint density at radius 3 is 3.00 bits per heavy atom. The quantitative estimate of drug-likeness (QED) is 0.818. The summed E-state index contributed by atoms with van der Waals surface area (Å²) in [5, 5.41) is 3.27.